The maximum absolute atomic E-state index is 12.8. The fourth-order valence-electron chi connectivity index (χ4n) is 4.79. The molecule has 1 saturated heterocycles. The van der Waals surface area contributed by atoms with Crippen LogP contribution in [0.4, 0.5) is 10.6 Å². The molecule has 2 aliphatic rings. The molecule has 216 valence electrons. The number of sulfonamides is 1. The Morgan fingerprint density at radius 2 is 1.95 bits per heavy atom. The van der Waals surface area contributed by atoms with Crippen LogP contribution in [0.3, 0.4) is 0 Å². The van der Waals surface area contributed by atoms with Crippen molar-refractivity contribution in [2.24, 2.45) is 5.14 Å². The molecule has 0 aromatic carbocycles. The lowest BCUT2D eigenvalue weighted by Crippen LogP contribution is -2.55. The number of carbonyl (C=O) groups is 2. The van der Waals surface area contributed by atoms with Crippen molar-refractivity contribution in [1.82, 2.24) is 24.8 Å². The Bertz CT molecular complexity index is 1570. The molecule has 2 aliphatic heterocycles. The summed E-state index contributed by atoms with van der Waals surface area (Å²) in [5, 5.41) is 14.7. The van der Waals surface area contributed by atoms with E-state index in [0.29, 0.717) is 44.1 Å². The Labute approximate surface area is 239 Å². The van der Waals surface area contributed by atoms with E-state index in [2.05, 4.69) is 27.9 Å². The zero-order valence-corrected chi connectivity index (χ0v) is 24.2. The van der Waals surface area contributed by atoms with Gasteiger partial charge in [-0.2, -0.15) is 5.26 Å². The molecule has 4 heterocycles. The highest BCUT2D eigenvalue weighted by Crippen LogP contribution is 2.29. The summed E-state index contributed by atoms with van der Waals surface area (Å²) < 4.78 is 29.6. The minimum atomic E-state index is -4.06. The molecule has 0 unspecified atom stereocenters. The first-order chi connectivity index (χ1) is 19.3. The van der Waals surface area contributed by atoms with Crippen molar-refractivity contribution in [3.05, 3.63) is 41.1 Å². The molecule has 2 aromatic heterocycles. The lowest BCUT2D eigenvalue weighted by atomic mass is 10.0. The third-order valence-corrected chi connectivity index (χ3v) is 7.55. The fourth-order valence-corrected chi connectivity index (χ4v) is 5.42. The Morgan fingerprint density at radius 3 is 2.61 bits per heavy atom. The average molecular weight is 581 g/mol. The number of nitrogens with two attached hydrogens (primary N) is 1. The lowest BCUT2D eigenvalue weighted by Gasteiger charge is -2.42. The first-order valence-electron chi connectivity index (χ1n) is 13.0. The minimum absolute atomic E-state index is 0.0998. The second-order valence-electron chi connectivity index (χ2n) is 10.8. The van der Waals surface area contributed by atoms with Gasteiger partial charge < -0.3 is 19.4 Å². The molecular formula is C27H32N8O5S. The van der Waals surface area contributed by atoms with E-state index in [0.717, 1.165) is 11.8 Å². The van der Waals surface area contributed by atoms with E-state index >= 15 is 0 Å². The van der Waals surface area contributed by atoms with Crippen molar-refractivity contribution in [3.63, 3.8) is 0 Å². The van der Waals surface area contributed by atoms with Gasteiger partial charge in [0.05, 0.1) is 30.8 Å². The normalized spacial score (nSPS) is 17.2. The molecule has 0 radical (unpaired) electrons. The van der Waals surface area contributed by atoms with Crippen LogP contribution in [0.5, 0.6) is 0 Å². The third kappa shape index (κ3) is 7.09. The smallest absolute Gasteiger partial charge is 0.410 e. The largest absolute Gasteiger partial charge is 0.444 e. The van der Waals surface area contributed by atoms with Crippen molar-refractivity contribution in [1.29, 1.82) is 5.26 Å². The van der Waals surface area contributed by atoms with Crippen molar-refractivity contribution in [2.75, 3.05) is 31.1 Å². The van der Waals surface area contributed by atoms with Gasteiger partial charge in [0.25, 0.3) is 0 Å². The molecule has 1 atom stereocenters. The molecule has 4 rings (SSSR count). The summed E-state index contributed by atoms with van der Waals surface area (Å²) in [5.41, 5.74) is 0.910. The molecule has 0 aliphatic carbocycles. The number of nitriles is 1. The second-order valence-corrected chi connectivity index (χ2v) is 12.3. The molecule has 2 aromatic rings. The van der Waals surface area contributed by atoms with Gasteiger partial charge in [0, 0.05) is 56.6 Å². The monoisotopic (exact) mass is 580 g/mol. The predicted octanol–water partition coefficient (Wildman–Crippen LogP) is 1.16. The molecule has 2 N–H and O–H groups in total. The molecule has 13 nitrogen and oxygen atoms in total. The van der Waals surface area contributed by atoms with Crippen molar-refractivity contribution < 1.29 is 22.7 Å². The van der Waals surface area contributed by atoms with Crippen LogP contribution in [0.1, 0.15) is 56.8 Å². The van der Waals surface area contributed by atoms with Crippen LogP contribution in [0.15, 0.2) is 23.4 Å². The molecule has 2 amide bonds. The predicted molar refractivity (Wildman–Crippen MR) is 148 cm³/mol. The van der Waals surface area contributed by atoms with Gasteiger partial charge >= 0.3 is 6.09 Å². The molecular weight excluding hydrogens is 548 g/mol. The molecule has 41 heavy (non-hydrogen) atoms. The molecule has 0 saturated carbocycles. The number of primary sulfonamides is 1. The summed E-state index contributed by atoms with van der Waals surface area (Å²) in [7, 11) is -4.06. The number of aromatic nitrogens is 3. The highest BCUT2D eigenvalue weighted by molar-refractivity contribution is 7.89. The van der Waals surface area contributed by atoms with E-state index in [4.69, 9.17) is 14.9 Å². The van der Waals surface area contributed by atoms with Crippen molar-refractivity contribution in [3.8, 4) is 17.9 Å². The quantitative estimate of drug-likeness (QED) is 0.519. The molecule has 0 spiro atoms. The number of fused-ring (bicyclic) bond motifs is 1. The van der Waals surface area contributed by atoms with E-state index in [1.54, 1.807) is 30.6 Å². The SMILES string of the molecule is CC(=O)N1CCN(c2nc(C#Cc3ccncc3S(N)(=O)=O)nc3c2CCN(C(=O)OC(C)(C)C)C3)C[C@@H]1CC#N. The Kier molecular flexibility index (Phi) is 8.47. The van der Waals surface area contributed by atoms with E-state index in [1.807, 2.05) is 4.90 Å². The van der Waals surface area contributed by atoms with Crippen molar-refractivity contribution in [2.45, 2.75) is 63.6 Å². The molecule has 0 bridgehead atoms. The van der Waals surface area contributed by atoms with Crippen molar-refractivity contribution >= 4 is 27.8 Å². The van der Waals surface area contributed by atoms with Gasteiger partial charge in [-0.25, -0.2) is 28.3 Å². The van der Waals surface area contributed by atoms with E-state index in [-0.39, 0.29) is 41.2 Å². The first-order valence-corrected chi connectivity index (χ1v) is 14.6. The summed E-state index contributed by atoms with van der Waals surface area (Å²) in [6, 6.07) is 3.28. The summed E-state index contributed by atoms with van der Waals surface area (Å²) in [5.74, 6) is 6.27. The maximum atomic E-state index is 12.8. The van der Waals surface area contributed by atoms with Crippen LogP contribution in [0.25, 0.3) is 0 Å². The van der Waals surface area contributed by atoms with Gasteiger partial charge in [0.15, 0.2) is 0 Å². The number of carbonyl (C=O) groups excluding carboxylic acids is 2. The summed E-state index contributed by atoms with van der Waals surface area (Å²) in [6.45, 7) is 8.72. The number of rotatable bonds is 3. The minimum Gasteiger partial charge on any atom is -0.444 e. The molecule has 1 fully saturated rings. The standard InChI is InChI=1S/C27H32N8O5S/c1-18(36)35-14-13-33(16-20(35)7-10-28)25-21-9-12-34(26(37)40-27(2,3)4)17-22(21)31-24(32-25)6-5-19-8-11-30-15-23(19)41(29,38)39/h8,11,15,20H,7,9,12-14,16-17H2,1-4H3,(H2,29,38,39)/t20-/m0/s1. The zero-order valence-electron chi connectivity index (χ0n) is 23.4. The maximum Gasteiger partial charge on any atom is 0.410 e. The van der Waals surface area contributed by atoms with Crippen LogP contribution in [-0.4, -0.2) is 83.0 Å². The average Bonchev–Trinajstić information content (AvgIpc) is 2.89. The lowest BCUT2D eigenvalue weighted by molar-refractivity contribution is -0.131. The van der Waals surface area contributed by atoms with E-state index in [1.165, 1.54) is 19.2 Å². The number of hydrogen-bond donors (Lipinski definition) is 1. The highest BCUT2D eigenvalue weighted by Gasteiger charge is 2.34. The topological polar surface area (TPSA) is 176 Å². The second kappa shape index (κ2) is 11.7. The van der Waals surface area contributed by atoms with E-state index < -0.39 is 21.7 Å². The van der Waals surface area contributed by atoms with E-state index in [9.17, 15) is 23.3 Å². The van der Waals surface area contributed by atoms with Crippen LogP contribution >= 0.6 is 0 Å². The summed E-state index contributed by atoms with van der Waals surface area (Å²) in [6.07, 6.45) is 2.70. The summed E-state index contributed by atoms with van der Waals surface area (Å²) in [4.78, 5) is 43.2. The number of pyridine rings is 1. The Morgan fingerprint density at radius 1 is 1.20 bits per heavy atom. The van der Waals surface area contributed by atoms with Crippen LogP contribution in [-0.2, 0) is 32.5 Å². The number of anilines is 1. The fraction of sp³-hybridized carbons (Fsp3) is 0.481. The third-order valence-electron chi connectivity index (χ3n) is 6.61. The number of nitrogens with zero attached hydrogens (tertiary/aromatic N) is 7. The van der Waals surface area contributed by atoms with Gasteiger partial charge in [0.1, 0.15) is 16.3 Å². The highest BCUT2D eigenvalue weighted by atomic mass is 32.2. The van der Waals surface area contributed by atoms with Crippen LogP contribution in [0.2, 0.25) is 0 Å². The summed E-state index contributed by atoms with van der Waals surface area (Å²) >= 11 is 0. The Balaban J connectivity index is 1.76. The van der Waals surface area contributed by atoms with Gasteiger partial charge in [-0.1, -0.05) is 5.92 Å². The number of hydrogen-bond acceptors (Lipinski definition) is 10. The number of piperazine rings is 1. The van der Waals surface area contributed by atoms with Gasteiger partial charge in [-0.3, -0.25) is 9.78 Å². The number of amides is 2. The zero-order chi connectivity index (χ0) is 29.9. The van der Waals surface area contributed by atoms with Gasteiger partial charge in [-0.15, -0.1) is 0 Å². The van der Waals surface area contributed by atoms with Crippen LogP contribution in [0, 0.1) is 23.2 Å². The number of ether oxygens (including phenoxy) is 1. The van der Waals surface area contributed by atoms with Gasteiger partial charge in [0.2, 0.25) is 21.8 Å². The Hall–Kier alpha value is -4.27. The molecule has 14 heteroatoms. The van der Waals surface area contributed by atoms with Crippen LogP contribution < -0.4 is 10.0 Å². The first kappa shape index (κ1) is 29.7. The van der Waals surface area contributed by atoms with Gasteiger partial charge in [-0.05, 0) is 39.2 Å².